The molecule has 0 saturated heterocycles. The summed E-state index contributed by atoms with van der Waals surface area (Å²) in [4.78, 5) is 2.17. The van der Waals surface area contributed by atoms with E-state index in [1.54, 1.807) is 12.1 Å². The Balaban J connectivity index is 1.86. The lowest BCUT2D eigenvalue weighted by Crippen LogP contribution is -2.34. The zero-order valence-corrected chi connectivity index (χ0v) is 11.0. The van der Waals surface area contributed by atoms with E-state index in [2.05, 4.69) is 4.90 Å². The molecule has 1 saturated carbocycles. The molecule has 18 heavy (non-hydrogen) atoms. The SMILES string of the molecule is CN(Cc1cccc(F)c1)CC1CCCCC1O. The van der Waals surface area contributed by atoms with Gasteiger partial charge in [-0.2, -0.15) is 0 Å². The average molecular weight is 251 g/mol. The largest absolute Gasteiger partial charge is 0.393 e. The molecule has 1 N–H and O–H groups in total. The summed E-state index contributed by atoms with van der Waals surface area (Å²) in [5, 5.41) is 9.94. The molecule has 2 unspecified atom stereocenters. The summed E-state index contributed by atoms with van der Waals surface area (Å²) < 4.78 is 13.1. The Bertz CT molecular complexity index is 383. The Morgan fingerprint density at radius 3 is 2.83 bits per heavy atom. The third kappa shape index (κ3) is 3.79. The van der Waals surface area contributed by atoms with Crippen LogP contribution >= 0.6 is 0 Å². The molecule has 0 aromatic heterocycles. The molecule has 2 rings (SSSR count). The van der Waals surface area contributed by atoms with Crippen molar-refractivity contribution in [1.82, 2.24) is 4.90 Å². The lowest BCUT2D eigenvalue weighted by atomic mass is 9.86. The number of hydrogen-bond acceptors (Lipinski definition) is 2. The van der Waals surface area contributed by atoms with E-state index in [1.165, 1.54) is 12.5 Å². The van der Waals surface area contributed by atoms with Gasteiger partial charge in [0.1, 0.15) is 5.82 Å². The Hall–Kier alpha value is -0.930. The molecule has 2 atom stereocenters. The van der Waals surface area contributed by atoms with Crippen molar-refractivity contribution in [1.29, 1.82) is 0 Å². The standard InChI is InChI=1S/C15H22FNO/c1-17(10-12-5-4-7-14(16)9-12)11-13-6-2-3-8-15(13)18/h4-5,7,9,13,15,18H,2-3,6,8,10-11H2,1H3. The van der Waals surface area contributed by atoms with Gasteiger partial charge in [-0.3, -0.25) is 0 Å². The van der Waals surface area contributed by atoms with Crippen LogP contribution in [0.4, 0.5) is 4.39 Å². The molecule has 1 aromatic rings. The Morgan fingerprint density at radius 2 is 2.11 bits per heavy atom. The van der Waals surface area contributed by atoms with E-state index in [-0.39, 0.29) is 11.9 Å². The van der Waals surface area contributed by atoms with Crippen molar-refractivity contribution >= 4 is 0 Å². The predicted molar refractivity (Wildman–Crippen MR) is 70.7 cm³/mol. The molecule has 100 valence electrons. The molecule has 0 heterocycles. The molecule has 0 amide bonds. The van der Waals surface area contributed by atoms with Crippen LogP contribution < -0.4 is 0 Å². The maximum atomic E-state index is 13.1. The summed E-state index contributed by atoms with van der Waals surface area (Å²) >= 11 is 0. The highest BCUT2D eigenvalue weighted by atomic mass is 19.1. The molecular formula is C15H22FNO. The fourth-order valence-electron chi connectivity index (χ4n) is 2.81. The number of benzene rings is 1. The van der Waals surface area contributed by atoms with Crippen molar-refractivity contribution in [2.75, 3.05) is 13.6 Å². The van der Waals surface area contributed by atoms with E-state index in [9.17, 15) is 9.50 Å². The number of halogens is 1. The number of aliphatic hydroxyl groups is 1. The van der Waals surface area contributed by atoms with Gasteiger partial charge < -0.3 is 10.0 Å². The van der Waals surface area contributed by atoms with E-state index in [4.69, 9.17) is 0 Å². The first-order valence-corrected chi connectivity index (χ1v) is 6.76. The van der Waals surface area contributed by atoms with Crippen molar-refractivity contribution in [2.45, 2.75) is 38.3 Å². The fraction of sp³-hybridized carbons (Fsp3) is 0.600. The quantitative estimate of drug-likeness (QED) is 0.889. The number of hydrogen-bond donors (Lipinski definition) is 1. The summed E-state index contributed by atoms with van der Waals surface area (Å²) in [6, 6.07) is 6.73. The molecule has 1 aliphatic carbocycles. The van der Waals surface area contributed by atoms with Crippen LogP contribution in [0.15, 0.2) is 24.3 Å². The normalized spacial score (nSPS) is 24.4. The molecule has 0 radical (unpaired) electrons. The number of rotatable bonds is 4. The van der Waals surface area contributed by atoms with Crippen LogP contribution in [0.2, 0.25) is 0 Å². The highest BCUT2D eigenvalue weighted by Crippen LogP contribution is 2.25. The molecule has 1 aromatic carbocycles. The molecule has 0 aliphatic heterocycles. The molecule has 0 spiro atoms. The van der Waals surface area contributed by atoms with Gasteiger partial charge in [0.2, 0.25) is 0 Å². The van der Waals surface area contributed by atoms with Gasteiger partial charge in [0.15, 0.2) is 0 Å². The predicted octanol–water partition coefficient (Wildman–Crippen LogP) is 2.81. The van der Waals surface area contributed by atoms with E-state index < -0.39 is 0 Å². The fourth-order valence-corrected chi connectivity index (χ4v) is 2.81. The first-order valence-electron chi connectivity index (χ1n) is 6.76. The molecule has 3 heteroatoms. The van der Waals surface area contributed by atoms with E-state index in [0.717, 1.165) is 37.9 Å². The van der Waals surface area contributed by atoms with Crippen molar-refractivity contribution in [3.63, 3.8) is 0 Å². The minimum absolute atomic E-state index is 0.159. The number of nitrogens with zero attached hydrogens (tertiary/aromatic N) is 1. The smallest absolute Gasteiger partial charge is 0.123 e. The van der Waals surface area contributed by atoms with Gasteiger partial charge >= 0.3 is 0 Å². The van der Waals surface area contributed by atoms with Crippen LogP contribution in [0.5, 0.6) is 0 Å². The third-order valence-corrected chi connectivity index (χ3v) is 3.76. The molecule has 1 aliphatic rings. The van der Waals surface area contributed by atoms with Crippen molar-refractivity contribution in [3.8, 4) is 0 Å². The van der Waals surface area contributed by atoms with Crippen LogP contribution in [0.25, 0.3) is 0 Å². The van der Waals surface area contributed by atoms with Gasteiger partial charge in [-0.05, 0) is 43.5 Å². The van der Waals surface area contributed by atoms with Crippen LogP contribution in [0.1, 0.15) is 31.2 Å². The lowest BCUT2D eigenvalue weighted by molar-refractivity contribution is 0.0501. The van der Waals surface area contributed by atoms with Crippen molar-refractivity contribution < 1.29 is 9.50 Å². The first-order chi connectivity index (χ1) is 8.65. The molecule has 2 nitrogen and oxygen atoms in total. The van der Waals surface area contributed by atoms with Crippen LogP contribution in [0.3, 0.4) is 0 Å². The summed E-state index contributed by atoms with van der Waals surface area (Å²) in [6.45, 7) is 1.62. The second-order valence-electron chi connectivity index (χ2n) is 5.44. The Morgan fingerprint density at radius 1 is 1.33 bits per heavy atom. The molecular weight excluding hydrogens is 229 g/mol. The summed E-state index contributed by atoms with van der Waals surface area (Å²) in [5.74, 6) is 0.191. The van der Waals surface area contributed by atoms with Gasteiger partial charge in [-0.15, -0.1) is 0 Å². The van der Waals surface area contributed by atoms with Crippen LogP contribution in [-0.2, 0) is 6.54 Å². The zero-order valence-electron chi connectivity index (χ0n) is 11.0. The second-order valence-corrected chi connectivity index (χ2v) is 5.44. The topological polar surface area (TPSA) is 23.5 Å². The highest BCUT2D eigenvalue weighted by Gasteiger charge is 2.23. The summed E-state index contributed by atoms with van der Waals surface area (Å²) in [6.07, 6.45) is 4.24. The van der Waals surface area contributed by atoms with E-state index >= 15 is 0 Å². The van der Waals surface area contributed by atoms with Gasteiger partial charge in [0.05, 0.1) is 6.10 Å². The van der Waals surface area contributed by atoms with E-state index in [1.807, 2.05) is 13.1 Å². The van der Waals surface area contributed by atoms with Crippen molar-refractivity contribution in [3.05, 3.63) is 35.6 Å². The first kappa shape index (κ1) is 13.5. The Labute approximate surface area is 108 Å². The monoisotopic (exact) mass is 251 g/mol. The maximum absolute atomic E-state index is 13.1. The minimum atomic E-state index is -0.182. The van der Waals surface area contributed by atoms with Crippen LogP contribution in [-0.4, -0.2) is 29.7 Å². The maximum Gasteiger partial charge on any atom is 0.123 e. The average Bonchev–Trinajstić information content (AvgIpc) is 2.32. The van der Waals surface area contributed by atoms with E-state index in [0.29, 0.717) is 5.92 Å². The Kier molecular flexibility index (Phi) is 4.72. The summed E-state index contributed by atoms with van der Waals surface area (Å²) in [5.41, 5.74) is 0.989. The summed E-state index contributed by atoms with van der Waals surface area (Å²) in [7, 11) is 2.03. The van der Waals surface area contributed by atoms with Gasteiger partial charge in [0, 0.05) is 13.1 Å². The zero-order chi connectivity index (χ0) is 13.0. The van der Waals surface area contributed by atoms with Gasteiger partial charge in [-0.25, -0.2) is 4.39 Å². The third-order valence-electron chi connectivity index (χ3n) is 3.76. The van der Waals surface area contributed by atoms with Crippen LogP contribution in [0, 0.1) is 11.7 Å². The second kappa shape index (κ2) is 6.30. The van der Waals surface area contributed by atoms with Crippen molar-refractivity contribution in [2.24, 2.45) is 5.92 Å². The lowest BCUT2D eigenvalue weighted by Gasteiger charge is -2.31. The molecule has 0 bridgehead atoms. The van der Waals surface area contributed by atoms with Gasteiger partial charge in [0.25, 0.3) is 0 Å². The number of aliphatic hydroxyl groups excluding tert-OH is 1. The minimum Gasteiger partial charge on any atom is -0.393 e. The van der Waals surface area contributed by atoms with Gasteiger partial charge in [-0.1, -0.05) is 25.0 Å². The molecule has 1 fully saturated rings. The highest BCUT2D eigenvalue weighted by molar-refractivity contribution is 5.16.